The molecule has 22 heavy (non-hydrogen) atoms. The molecule has 0 spiro atoms. The number of benzene rings is 1. The Hall–Kier alpha value is -1.05. The Balaban J connectivity index is 1.89. The number of aromatic nitrogens is 2. The summed E-state index contributed by atoms with van der Waals surface area (Å²) in [5, 5.41) is 8.17. The lowest BCUT2D eigenvalue weighted by atomic mass is 9.87. The zero-order valence-corrected chi connectivity index (χ0v) is 15.3. The molecule has 0 aliphatic heterocycles. The summed E-state index contributed by atoms with van der Waals surface area (Å²) in [4.78, 5) is 10.7. The average Bonchev–Trinajstić information content (AvgIpc) is 2.90. The van der Waals surface area contributed by atoms with Gasteiger partial charge >= 0.3 is 0 Å². The van der Waals surface area contributed by atoms with E-state index >= 15 is 0 Å². The highest BCUT2D eigenvalue weighted by Gasteiger charge is 2.13. The minimum Gasteiger partial charge on any atom is -0.369 e. The fraction of sp³-hybridized carbons (Fsp3) is 0.400. The molecule has 118 valence electrons. The Bertz CT molecular complexity index is 632. The van der Waals surface area contributed by atoms with Crippen molar-refractivity contribution in [2.75, 3.05) is 5.75 Å². The first-order chi connectivity index (χ1) is 10.3. The molecule has 0 aliphatic rings. The third-order valence-electron chi connectivity index (χ3n) is 2.91. The first-order valence-electron chi connectivity index (χ1n) is 6.81. The van der Waals surface area contributed by atoms with Crippen LogP contribution in [0.2, 0.25) is 0 Å². The molecule has 1 amide bonds. The van der Waals surface area contributed by atoms with Gasteiger partial charge in [-0.25, -0.2) is 0 Å². The van der Waals surface area contributed by atoms with Crippen LogP contribution in [0.3, 0.4) is 0 Å². The van der Waals surface area contributed by atoms with Gasteiger partial charge in [0.15, 0.2) is 8.68 Å². The SMILES string of the molecule is CC(C)(C)c1ccc(CSc2nnc(SCC(N)=O)s2)cc1. The van der Waals surface area contributed by atoms with Crippen molar-refractivity contribution >= 4 is 40.8 Å². The summed E-state index contributed by atoms with van der Waals surface area (Å²) < 4.78 is 1.69. The third-order valence-corrected chi connectivity index (χ3v) is 6.19. The van der Waals surface area contributed by atoms with Crippen LogP contribution in [0.5, 0.6) is 0 Å². The molecule has 2 rings (SSSR count). The van der Waals surface area contributed by atoms with Crippen LogP contribution in [0.4, 0.5) is 0 Å². The van der Waals surface area contributed by atoms with E-state index in [-0.39, 0.29) is 17.1 Å². The van der Waals surface area contributed by atoms with Gasteiger partial charge in [0.1, 0.15) is 0 Å². The van der Waals surface area contributed by atoms with Crippen LogP contribution in [-0.2, 0) is 16.0 Å². The smallest absolute Gasteiger partial charge is 0.227 e. The predicted molar refractivity (Wildman–Crippen MR) is 94.5 cm³/mol. The van der Waals surface area contributed by atoms with Crippen LogP contribution in [-0.4, -0.2) is 21.9 Å². The van der Waals surface area contributed by atoms with Crippen LogP contribution in [0.25, 0.3) is 0 Å². The topological polar surface area (TPSA) is 68.9 Å². The number of primary amides is 1. The van der Waals surface area contributed by atoms with E-state index < -0.39 is 0 Å². The summed E-state index contributed by atoms with van der Waals surface area (Å²) in [7, 11) is 0. The Morgan fingerprint density at radius 1 is 1.14 bits per heavy atom. The largest absolute Gasteiger partial charge is 0.369 e. The van der Waals surface area contributed by atoms with Gasteiger partial charge in [0.05, 0.1) is 5.75 Å². The molecule has 2 N–H and O–H groups in total. The maximum Gasteiger partial charge on any atom is 0.227 e. The van der Waals surface area contributed by atoms with Crippen molar-refractivity contribution in [1.82, 2.24) is 10.2 Å². The number of hydrogen-bond donors (Lipinski definition) is 1. The number of rotatable bonds is 6. The fourth-order valence-corrected chi connectivity index (χ4v) is 4.41. The molecule has 1 heterocycles. The Morgan fingerprint density at radius 3 is 2.27 bits per heavy atom. The van der Waals surface area contributed by atoms with Crippen LogP contribution in [0.15, 0.2) is 32.9 Å². The fourth-order valence-electron chi connectivity index (χ4n) is 1.69. The quantitative estimate of drug-likeness (QED) is 0.802. The number of carbonyl (C=O) groups excluding carboxylic acids is 1. The van der Waals surface area contributed by atoms with E-state index in [4.69, 9.17) is 5.73 Å². The molecule has 1 aromatic heterocycles. The molecular weight excluding hydrogens is 334 g/mol. The van der Waals surface area contributed by atoms with E-state index in [0.29, 0.717) is 0 Å². The molecule has 2 aromatic rings. The van der Waals surface area contributed by atoms with Gasteiger partial charge in [-0.2, -0.15) is 0 Å². The minimum atomic E-state index is -0.339. The Morgan fingerprint density at radius 2 is 1.73 bits per heavy atom. The molecule has 0 saturated carbocycles. The second-order valence-electron chi connectivity index (χ2n) is 5.82. The van der Waals surface area contributed by atoms with Crippen molar-refractivity contribution in [3.05, 3.63) is 35.4 Å². The summed E-state index contributed by atoms with van der Waals surface area (Å²) in [5.41, 5.74) is 7.89. The lowest BCUT2D eigenvalue weighted by Gasteiger charge is -2.19. The summed E-state index contributed by atoms with van der Waals surface area (Å²) in [5.74, 6) is 0.765. The maximum absolute atomic E-state index is 10.7. The van der Waals surface area contributed by atoms with Gasteiger partial charge in [-0.05, 0) is 16.5 Å². The molecule has 0 fully saturated rings. The molecular formula is C15H19N3OS3. The Labute approximate surface area is 143 Å². The Kier molecular flexibility index (Phi) is 5.88. The number of hydrogen-bond acceptors (Lipinski definition) is 6. The first-order valence-corrected chi connectivity index (χ1v) is 9.60. The van der Waals surface area contributed by atoms with E-state index in [1.807, 2.05) is 0 Å². The number of nitrogens with zero attached hydrogens (tertiary/aromatic N) is 2. The summed E-state index contributed by atoms with van der Waals surface area (Å²) in [6.07, 6.45) is 0. The van der Waals surface area contributed by atoms with Crippen molar-refractivity contribution < 1.29 is 4.79 Å². The predicted octanol–water partition coefficient (Wildman–Crippen LogP) is 3.71. The van der Waals surface area contributed by atoms with E-state index in [9.17, 15) is 4.79 Å². The molecule has 7 heteroatoms. The molecule has 0 radical (unpaired) electrons. The van der Waals surface area contributed by atoms with Gasteiger partial charge in [0.25, 0.3) is 0 Å². The van der Waals surface area contributed by atoms with E-state index in [1.54, 1.807) is 11.8 Å². The van der Waals surface area contributed by atoms with Crippen LogP contribution in [0.1, 0.15) is 31.9 Å². The lowest BCUT2D eigenvalue weighted by molar-refractivity contribution is -0.115. The third kappa shape index (κ3) is 5.30. The average molecular weight is 354 g/mol. The lowest BCUT2D eigenvalue weighted by Crippen LogP contribution is -2.12. The highest BCUT2D eigenvalue weighted by Crippen LogP contribution is 2.31. The standard InChI is InChI=1S/C15H19N3OS3/c1-15(2,3)11-6-4-10(5-7-11)8-20-13-17-18-14(22-13)21-9-12(16)19/h4-7H,8-9H2,1-3H3,(H2,16,19). The molecule has 1 aromatic carbocycles. The number of carbonyl (C=O) groups is 1. The van der Waals surface area contributed by atoms with Gasteiger partial charge in [-0.1, -0.05) is 79.9 Å². The van der Waals surface area contributed by atoms with E-state index in [2.05, 4.69) is 55.2 Å². The molecule has 0 atom stereocenters. The van der Waals surface area contributed by atoms with E-state index in [1.165, 1.54) is 34.2 Å². The van der Waals surface area contributed by atoms with Crippen molar-refractivity contribution in [2.45, 2.75) is 40.6 Å². The van der Waals surface area contributed by atoms with Gasteiger partial charge in [-0.3, -0.25) is 4.79 Å². The second-order valence-corrected chi connectivity index (χ2v) is 9.25. The van der Waals surface area contributed by atoms with Gasteiger partial charge in [0, 0.05) is 5.75 Å². The molecule has 0 aliphatic carbocycles. The van der Waals surface area contributed by atoms with Crippen molar-refractivity contribution in [2.24, 2.45) is 5.73 Å². The zero-order chi connectivity index (χ0) is 16.2. The summed E-state index contributed by atoms with van der Waals surface area (Å²) >= 11 is 4.49. The second kappa shape index (κ2) is 7.48. The van der Waals surface area contributed by atoms with Crippen molar-refractivity contribution in [1.29, 1.82) is 0 Å². The summed E-state index contributed by atoms with van der Waals surface area (Å²) in [6.45, 7) is 6.63. The number of amides is 1. The van der Waals surface area contributed by atoms with Gasteiger partial charge in [-0.15, -0.1) is 10.2 Å². The van der Waals surface area contributed by atoms with Crippen LogP contribution >= 0.6 is 34.9 Å². The molecule has 0 saturated heterocycles. The molecule has 0 bridgehead atoms. The number of nitrogens with two attached hydrogens (primary N) is 1. The monoisotopic (exact) mass is 353 g/mol. The number of thioether (sulfide) groups is 2. The first kappa shape index (κ1) is 17.3. The van der Waals surface area contributed by atoms with E-state index in [0.717, 1.165) is 14.4 Å². The van der Waals surface area contributed by atoms with Crippen molar-refractivity contribution in [3.8, 4) is 0 Å². The highest BCUT2D eigenvalue weighted by molar-refractivity contribution is 8.03. The normalized spacial score (nSPS) is 11.6. The molecule has 0 unspecified atom stereocenters. The highest BCUT2D eigenvalue weighted by atomic mass is 32.2. The summed E-state index contributed by atoms with van der Waals surface area (Å²) in [6, 6.07) is 8.70. The van der Waals surface area contributed by atoms with Crippen LogP contribution in [0, 0.1) is 0 Å². The minimum absolute atomic E-state index is 0.178. The maximum atomic E-state index is 10.7. The zero-order valence-electron chi connectivity index (χ0n) is 12.8. The van der Waals surface area contributed by atoms with Crippen LogP contribution < -0.4 is 5.73 Å². The van der Waals surface area contributed by atoms with Gasteiger partial charge < -0.3 is 5.73 Å². The molecule has 4 nitrogen and oxygen atoms in total. The van der Waals surface area contributed by atoms with Gasteiger partial charge in [0.2, 0.25) is 5.91 Å². The van der Waals surface area contributed by atoms with Crippen molar-refractivity contribution in [3.63, 3.8) is 0 Å².